The van der Waals surface area contributed by atoms with E-state index in [0.29, 0.717) is 5.76 Å². The van der Waals surface area contributed by atoms with E-state index in [0.717, 1.165) is 33.9 Å². The number of aromatic amines is 1. The predicted octanol–water partition coefficient (Wildman–Crippen LogP) is 3.97. The van der Waals surface area contributed by atoms with Gasteiger partial charge in [0.25, 0.3) is 0 Å². The van der Waals surface area contributed by atoms with E-state index in [1.54, 1.807) is 13.3 Å². The molecule has 0 aliphatic rings. The standard InChI is InChI=1S/C17H14N4O2/c1-22-13-4-2-3-12(6-13)20-17-7-14-11(8-19-17)5-15(21-14)16-9-18-10-23-16/h2-10,21H,1H3,(H,19,20). The number of oxazole rings is 1. The summed E-state index contributed by atoms with van der Waals surface area (Å²) >= 11 is 0. The van der Waals surface area contributed by atoms with E-state index >= 15 is 0 Å². The van der Waals surface area contributed by atoms with Crippen LogP contribution in [0.25, 0.3) is 22.4 Å². The number of anilines is 2. The molecule has 23 heavy (non-hydrogen) atoms. The summed E-state index contributed by atoms with van der Waals surface area (Å²) in [5, 5.41) is 4.27. The van der Waals surface area contributed by atoms with Gasteiger partial charge in [-0.25, -0.2) is 9.97 Å². The van der Waals surface area contributed by atoms with Gasteiger partial charge < -0.3 is 19.5 Å². The number of hydrogen-bond donors (Lipinski definition) is 2. The number of methoxy groups -OCH3 is 1. The van der Waals surface area contributed by atoms with Gasteiger partial charge in [0.2, 0.25) is 0 Å². The molecule has 0 amide bonds. The molecular weight excluding hydrogens is 292 g/mol. The Bertz CT molecular complexity index is 944. The lowest BCUT2D eigenvalue weighted by molar-refractivity contribution is 0.415. The molecule has 0 saturated carbocycles. The van der Waals surface area contributed by atoms with Gasteiger partial charge in [0.05, 0.1) is 24.5 Å². The van der Waals surface area contributed by atoms with Gasteiger partial charge in [-0.3, -0.25) is 0 Å². The molecule has 0 saturated heterocycles. The molecule has 2 N–H and O–H groups in total. The predicted molar refractivity (Wildman–Crippen MR) is 87.9 cm³/mol. The van der Waals surface area contributed by atoms with Gasteiger partial charge in [0.1, 0.15) is 11.6 Å². The minimum absolute atomic E-state index is 0.698. The van der Waals surface area contributed by atoms with Crippen molar-refractivity contribution in [1.82, 2.24) is 15.0 Å². The van der Waals surface area contributed by atoms with Crippen LogP contribution >= 0.6 is 0 Å². The van der Waals surface area contributed by atoms with Gasteiger partial charge in [0.15, 0.2) is 12.2 Å². The van der Waals surface area contributed by atoms with Crippen LogP contribution in [0, 0.1) is 0 Å². The first kappa shape index (κ1) is 13.4. The summed E-state index contributed by atoms with van der Waals surface area (Å²) in [6, 6.07) is 11.6. The van der Waals surface area contributed by atoms with Crippen LogP contribution in [0.2, 0.25) is 0 Å². The number of benzene rings is 1. The van der Waals surface area contributed by atoms with E-state index < -0.39 is 0 Å². The van der Waals surface area contributed by atoms with Crippen LogP contribution in [-0.4, -0.2) is 22.1 Å². The molecule has 1 aromatic carbocycles. The molecule has 0 aliphatic heterocycles. The third-order valence-electron chi connectivity index (χ3n) is 3.54. The Balaban J connectivity index is 1.65. The van der Waals surface area contributed by atoms with Crippen molar-refractivity contribution >= 4 is 22.4 Å². The van der Waals surface area contributed by atoms with E-state index in [1.165, 1.54) is 6.39 Å². The zero-order chi connectivity index (χ0) is 15.6. The molecule has 114 valence electrons. The van der Waals surface area contributed by atoms with Crippen LogP contribution < -0.4 is 10.1 Å². The lowest BCUT2D eigenvalue weighted by Crippen LogP contribution is -1.93. The van der Waals surface area contributed by atoms with E-state index in [2.05, 4.69) is 20.3 Å². The fourth-order valence-corrected chi connectivity index (χ4v) is 2.42. The zero-order valence-corrected chi connectivity index (χ0v) is 12.4. The Kier molecular flexibility index (Phi) is 3.20. The molecule has 4 aromatic rings. The number of ether oxygens (including phenoxy) is 1. The first-order valence-electron chi connectivity index (χ1n) is 7.10. The van der Waals surface area contributed by atoms with Crippen molar-refractivity contribution < 1.29 is 9.15 Å². The second-order valence-electron chi connectivity index (χ2n) is 5.06. The van der Waals surface area contributed by atoms with Gasteiger partial charge >= 0.3 is 0 Å². The maximum atomic E-state index is 5.31. The van der Waals surface area contributed by atoms with Crippen LogP contribution in [0.3, 0.4) is 0 Å². The lowest BCUT2D eigenvalue weighted by atomic mass is 10.3. The lowest BCUT2D eigenvalue weighted by Gasteiger charge is -2.07. The minimum Gasteiger partial charge on any atom is -0.497 e. The van der Waals surface area contributed by atoms with Crippen LogP contribution in [0.1, 0.15) is 0 Å². The first-order valence-corrected chi connectivity index (χ1v) is 7.10. The minimum atomic E-state index is 0.698. The molecule has 0 spiro atoms. The molecule has 0 atom stereocenters. The van der Waals surface area contributed by atoms with Crippen LogP contribution in [0.15, 0.2) is 59.6 Å². The smallest absolute Gasteiger partial charge is 0.181 e. The van der Waals surface area contributed by atoms with Crippen molar-refractivity contribution in [2.45, 2.75) is 0 Å². The second-order valence-corrected chi connectivity index (χ2v) is 5.06. The average molecular weight is 306 g/mol. The Labute approximate surface area is 132 Å². The summed E-state index contributed by atoms with van der Waals surface area (Å²) in [6.45, 7) is 0. The number of pyridine rings is 1. The quantitative estimate of drug-likeness (QED) is 0.596. The second kappa shape index (κ2) is 5.49. The van der Waals surface area contributed by atoms with Crippen LogP contribution in [0.4, 0.5) is 11.5 Å². The van der Waals surface area contributed by atoms with Crippen molar-refractivity contribution in [3.63, 3.8) is 0 Å². The largest absolute Gasteiger partial charge is 0.497 e. The third-order valence-corrected chi connectivity index (χ3v) is 3.54. The summed E-state index contributed by atoms with van der Waals surface area (Å²) in [5.74, 6) is 2.24. The Morgan fingerprint density at radius 3 is 2.96 bits per heavy atom. The third kappa shape index (κ3) is 2.62. The average Bonchev–Trinajstić information content (AvgIpc) is 3.23. The van der Waals surface area contributed by atoms with E-state index in [4.69, 9.17) is 9.15 Å². The van der Waals surface area contributed by atoms with Crippen LogP contribution in [0.5, 0.6) is 5.75 Å². The molecule has 0 unspecified atom stereocenters. The van der Waals surface area contributed by atoms with Gasteiger partial charge in [0, 0.05) is 29.4 Å². The molecule has 3 heterocycles. The highest BCUT2D eigenvalue weighted by Crippen LogP contribution is 2.26. The Morgan fingerprint density at radius 1 is 1.17 bits per heavy atom. The molecule has 0 aliphatic carbocycles. The fourth-order valence-electron chi connectivity index (χ4n) is 2.42. The maximum absolute atomic E-state index is 5.31. The summed E-state index contributed by atoms with van der Waals surface area (Å²) in [4.78, 5) is 11.7. The van der Waals surface area contributed by atoms with E-state index in [-0.39, 0.29) is 0 Å². The van der Waals surface area contributed by atoms with Crippen molar-refractivity contribution in [3.05, 3.63) is 55.2 Å². The van der Waals surface area contributed by atoms with Gasteiger partial charge in [-0.05, 0) is 18.2 Å². The summed E-state index contributed by atoms with van der Waals surface area (Å²) < 4.78 is 10.5. The molecule has 6 nitrogen and oxygen atoms in total. The van der Waals surface area contributed by atoms with Crippen molar-refractivity contribution in [2.75, 3.05) is 12.4 Å². The first-order chi connectivity index (χ1) is 11.3. The maximum Gasteiger partial charge on any atom is 0.181 e. The van der Waals surface area contributed by atoms with Gasteiger partial charge in [-0.2, -0.15) is 0 Å². The van der Waals surface area contributed by atoms with Gasteiger partial charge in [-0.15, -0.1) is 0 Å². The number of nitrogens with zero attached hydrogens (tertiary/aromatic N) is 2. The number of aromatic nitrogens is 3. The molecule has 0 fully saturated rings. The monoisotopic (exact) mass is 306 g/mol. The molecule has 4 rings (SSSR count). The van der Waals surface area contributed by atoms with Crippen molar-refractivity contribution in [1.29, 1.82) is 0 Å². The van der Waals surface area contributed by atoms with Crippen molar-refractivity contribution in [2.24, 2.45) is 0 Å². The summed E-state index contributed by atoms with van der Waals surface area (Å²) in [7, 11) is 1.65. The van der Waals surface area contributed by atoms with E-state index in [1.807, 2.05) is 42.6 Å². The van der Waals surface area contributed by atoms with Crippen LogP contribution in [-0.2, 0) is 0 Å². The number of hydrogen-bond acceptors (Lipinski definition) is 5. The molecule has 0 bridgehead atoms. The number of nitrogens with one attached hydrogen (secondary N) is 2. The van der Waals surface area contributed by atoms with Crippen molar-refractivity contribution in [3.8, 4) is 17.2 Å². The van der Waals surface area contributed by atoms with Gasteiger partial charge in [-0.1, -0.05) is 6.07 Å². The number of rotatable bonds is 4. The molecular formula is C17H14N4O2. The SMILES string of the molecule is COc1cccc(Nc2cc3[nH]c(-c4cnco4)cc3cn2)c1. The molecule has 3 aromatic heterocycles. The fraction of sp³-hybridized carbons (Fsp3) is 0.0588. The van der Waals surface area contributed by atoms with E-state index in [9.17, 15) is 0 Å². The molecule has 0 radical (unpaired) electrons. The number of H-pyrrole nitrogens is 1. The highest BCUT2D eigenvalue weighted by atomic mass is 16.5. The number of fused-ring (bicyclic) bond motifs is 1. The summed E-state index contributed by atoms with van der Waals surface area (Å²) in [5.41, 5.74) is 2.76. The normalized spacial score (nSPS) is 10.8. The molecule has 6 heteroatoms. The zero-order valence-electron chi connectivity index (χ0n) is 12.4. The summed E-state index contributed by atoms with van der Waals surface area (Å²) in [6.07, 6.45) is 4.90. The highest BCUT2D eigenvalue weighted by molar-refractivity contribution is 5.86. The Morgan fingerprint density at radius 2 is 2.13 bits per heavy atom. The topological polar surface area (TPSA) is 76.0 Å². The highest BCUT2D eigenvalue weighted by Gasteiger charge is 2.07. The Hall–Kier alpha value is -3.28.